The molecule has 0 spiro atoms. The molecule has 0 saturated heterocycles. The highest BCUT2D eigenvalue weighted by atomic mass is 79.9. The molecule has 3 aromatic carbocycles. The minimum absolute atomic E-state index is 0.0938. The van der Waals surface area contributed by atoms with Crippen LogP contribution in [0.15, 0.2) is 83.3 Å². The quantitative estimate of drug-likeness (QED) is 0.291. The predicted molar refractivity (Wildman–Crippen MR) is 160 cm³/mol. The number of nitrogens with one attached hydrogen (secondary N) is 1. The van der Waals surface area contributed by atoms with Gasteiger partial charge in [-0.25, -0.2) is 8.42 Å². The molecule has 39 heavy (non-hydrogen) atoms. The van der Waals surface area contributed by atoms with Crippen molar-refractivity contribution in [2.45, 2.75) is 45.7 Å². The zero-order valence-corrected chi connectivity index (χ0v) is 25.0. The minimum atomic E-state index is -3.54. The summed E-state index contributed by atoms with van der Waals surface area (Å²) in [4.78, 5) is 28.6. The lowest BCUT2D eigenvalue weighted by molar-refractivity contribution is -0.141. The van der Waals surface area contributed by atoms with Gasteiger partial charge in [0.05, 0.1) is 11.9 Å². The molecule has 0 bridgehead atoms. The summed E-state index contributed by atoms with van der Waals surface area (Å²) in [5.41, 5.74) is 3.42. The van der Waals surface area contributed by atoms with E-state index in [0.29, 0.717) is 25.1 Å². The van der Waals surface area contributed by atoms with Crippen LogP contribution in [0.5, 0.6) is 0 Å². The van der Waals surface area contributed by atoms with Crippen molar-refractivity contribution in [3.05, 3.63) is 100 Å². The summed E-state index contributed by atoms with van der Waals surface area (Å²) < 4.78 is 27.3. The fourth-order valence-electron chi connectivity index (χ4n) is 4.39. The lowest BCUT2D eigenvalue weighted by Crippen LogP contribution is -2.50. The van der Waals surface area contributed by atoms with Crippen molar-refractivity contribution < 1.29 is 18.0 Å². The van der Waals surface area contributed by atoms with Crippen molar-refractivity contribution in [1.82, 2.24) is 10.2 Å². The Morgan fingerprint density at radius 3 is 2.23 bits per heavy atom. The topological polar surface area (TPSA) is 86.8 Å². The Kier molecular flexibility index (Phi) is 11.1. The second-order valence-corrected chi connectivity index (χ2v) is 12.3. The van der Waals surface area contributed by atoms with E-state index >= 15 is 0 Å². The fraction of sp³-hybridized carbons (Fsp3) is 0.333. The Labute approximate surface area is 240 Å². The first-order chi connectivity index (χ1) is 18.6. The van der Waals surface area contributed by atoms with Crippen LogP contribution in [0.2, 0.25) is 0 Å². The number of carbonyl (C=O) groups excluding carboxylic acids is 2. The van der Waals surface area contributed by atoms with E-state index in [1.54, 1.807) is 17.0 Å². The number of hydrogen-bond acceptors (Lipinski definition) is 4. The smallest absolute Gasteiger partial charge is 0.243 e. The maximum Gasteiger partial charge on any atom is 0.243 e. The first-order valence-corrected chi connectivity index (χ1v) is 15.6. The van der Waals surface area contributed by atoms with Crippen LogP contribution in [0.25, 0.3) is 0 Å². The number of rotatable bonds is 13. The van der Waals surface area contributed by atoms with Crippen LogP contribution in [-0.4, -0.2) is 50.5 Å². The second-order valence-electron chi connectivity index (χ2n) is 9.53. The number of anilines is 1. The molecule has 0 heterocycles. The van der Waals surface area contributed by atoms with Crippen LogP contribution in [0.3, 0.4) is 0 Å². The van der Waals surface area contributed by atoms with Gasteiger partial charge in [-0.05, 0) is 55.7 Å². The first kappa shape index (κ1) is 30.4. The highest BCUT2D eigenvalue weighted by molar-refractivity contribution is 9.10. The van der Waals surface area contributed by atoms with Gasteiger partial charge < -0.3 is 10.2 Å². The van der Waals surface area contributed by atoms with Gasteiger partial charge in [0.1, 0.15) is 6.04 Å². The summed E-state index contributed by atoms with van der Waals surface area (Å²) in [7, 11) is -3.54. The summed E-state index contributed by atoms with van der Waals surface area (Å²) in [5, 5.41) is 2.89. The molecule has 0 aromatic heterocycles. The van der Waals surface area contributed by atoms with E-state index in [9.17, 15) is 18.0 Å². The van der Waals surface area contributed by atoms with Crippen molar-refractivity contribution in [2.24, 2.45) is 0 Å². The maximum atomic E-state index is 13.8. The molecule has 0 aliphatic carbocycles. The van der Waals surface area contributed by atoms with Gasteiger partial charge in [0.25, 0.3) is 0 Å². The Morgan fingerprint density at radius 1 is 0.949 bits per heavy atom. The summed E-state index contributed by atoms with van der Waals surface area (Å²) >= 11 is 3.49. The zero-order valence-electron chi connectivity index (χ0n) is 22.6. The molecule has 0 unspecified atom stereocenters. The van der Waals surface area contributed by atoms with E-state index in [1.165, 1.54) is 10.6 Å². The van der Waals surface area contributed by atoms with E-state index in [1.807, 2.05) is 80.6 Å². The normalized spacial score (nSPS) is 12.0. The molecule has 3 aromatic rings. The summed E-state index contributed by atoms with van der Waals surface area (Å²) in [6.07, 6.45) is 1.93. The van der Waals surface area contributed by atoms with Crippen molar-refractivity contribution >= 4 is 43.5 Å². The van der Waals surface area contributed by atoms with Crippen LogP contribution in [0.1, 0.15) is 36.5 Å². The van der Waals surface area contributed by atoms with Crippen LogP contribution in [0, 0.1) is 6.92 Å². The molecule has 208 valence electrons. The molecule has 1 N–H and O–H groups in total. The molecule has 0 saturated carbocycles. The molecule has 0 fully saturated rings. The minimum Gasteiger partial charge on any atom is -0.355 e. The van der Waals surface area contributed by atoms with Gasteiger partial charge in [-0.15, -0.1) is 0 Å². The molecule has 1 atom stereocenters. The molecule has 2 amide bonds. The third-order valence-electron chi connectivity index (χ3n) is 6.34. The highest BCUT2D eigenvalue weighted by Gasteiger charge is 2.30. The molecule has 0 aliphatic heterocycles. The Morgan fingerprint density at radius 2 is 1.62 bits per heavy atom. The van der Waals surface area contributed by atoms with E-state index in [0.717, 1.165) is 21.2 Å². The Bertz CT molecular complexity index is 1350. The average Bonchev–Trinajstić information content (AvgIpc) is 2.89. The molecular weight excluding hydrogens is 578 g/mol. The van der Waals surface area contributed by atoms with Crippen molar-refractivity contribution in [2.75, 3.05) is 23.7 Å². The van der Waals surface area contributed by atoms with Gasteiger partial charge in [-0.2, -0.15) is 0 Å². The summed E-state index contributed by atoms with van der Waals surface area (Å²) in [5.74, 6) is -0.429. The van der Waals surface area contributed by atoms with Gasteiger partial charge in [0.2, 0.25) is 21.8 Å². The number of aryl methyl sites for hydroxylation is 1. The molecule has 7 nitrogen and oxygen atoms in total. The number of halogens is 1. The van der Waals surface area contributed by atoms with Gasteiger partial charge >= 0.3 is 0 Å². The zero-order chi connectivity index (χ0) is 28.4. The van der Waals surface area contributed by atoms with E-state index in [2.05, 4.69) is 21.2 Å². The van der Waals surface area contributed by atoms with Gasteiger partial charge in [0, 0.05) is 36.9 Å². The number of likely N-dealkylation sites (N-methyl/N-ethyl adjacent to an activating group) is 1. The van der Waals surface area contributed by atoms with E-state index in [4.69, 9.17) is 0 Å². The fourth-order valence-corrected chi connectivity index (χ4v) is 5.81. The molecule has 0 aliphatic rings. The van der Waals surface area contributed by atoms with Crippen molar-refractivity contribution in [3.8, 4) is 0 Å². The average molecular weight is 615 g/mol. The third kappa shape index (κ3) is 9.21. The Hall–Kier alpha value is -3.17. The lowest BCUT2D eigenvalue weighted by atomic mass is 10.0. The predicted octanol–water partition coefficient (Wildman–Crippen LogP) is 5.08. The molecule has 0 radical (unpaired) electrons. The monoisotopic (exact) mass is 613 g/mol. The number of hydrogen-bond donors (Lipinski definition) is 1. The highest BCUT2D eigenvalue weighted by Crippen LogP contribution is 2.21. The lowest BCUT2D eigenvalue weighted by Gasteiger charge is -2.32. The largest absolute Gasteiger partial charge is 0.355 e. The third-order valence-corrected chi connectivity index (χ3v) is 8.03. The Balaban J connectivity index is 1.85. The number of benzene rings is 3. The van der Waals surface area contributed by atoms with Gasteiger partial charge in [-0.3, -0.25) is 13.9 Å². The van der Waals surface area contributed by atoms with E-state index < -0.39 is 16.1 Å². The number of carbonyl (C=O) groups is 2. The second kappa shape index (κ2) is 14.3. The van der Waals surface area contributed by atoms with Crippen molar-refractivity contribution in [1.29, 1.82) is 0 Å². The molecular formula is C30H36BrN3O4S. The summed E-state index contributed by atoms with van der Waals surface area (Å²) in [6, 6.07) is 23.8. The standard InChI is InChI=1S/C30H36BrN3O4S/c1-4-32-30(36)28(21-24-10-6-5-7-11-24)33(22-25-12-8-13-26(31)20-25)29(35)14-9-19-34(39(3,37)38)27-17-15-23(2)16-18-27/h5-8,10-13,15-18,20,28H,4,9,14,19,21-22H2,1-3H3,(H,32,36)/t28-/m1/s1. The van der Waals surface area contributed by atoms with Gasteiger partial charge in [0.15, 0.2) is 0 Å². The summed E-state index contributed by atoms with van der Waals surface area (Å²) in [6.45, 7) is 4.64. The SMILES string of the molecule is CCNC(=O)[C@@H](Cc1ccccc1)N(Cc1cccc(Br)c1)C(=O)CCCN(c1ccc(C)cc1)S(C)(=O)=O. The van der Waals surface area contributed by atoms with Crippen LogP contribution < -0.4 is 9.62 Å². The number of amides is 2. The van der Waals surface area contributed by atoms with E-state index in [-0.39, 0.29) is 31.3 Å². The number of nitrogens with zero attached hydrogens (tertiary/aromatic N) is 2. The number of sulfonamides is 1. The van der Waals surface area contributed by atoms with Gasteiger partial charge in [-0.1, -0.05) is 76.1 Å². The molecule has 9 heteroatoms. The first-order valence-electron chi connectivity index (χ1n) is 13.0. The maximum absolute atomic E-state index is 13.8. The molecule has 3 rings (SSSR count). The van der Waals surface area contributed by atoms with Crippen LogP contribution >= 0.6 is 15.9 Å². The van der Waals surface area contributed by atoms with Crippen LogP contribution in [0.4, 0.5) is 5.69 Å². The van der Waals surface area contributed by atoms with Crippen molar-refractivity contribution in [3.63, 3.8) is 0 Å². The van der Waals surface area contributed by atoms with Crippen LogP contribution in [-0.2, 0) is 32.6 Å².